The van der Waals surface area contributed by atoms with E-state index in [0.29, 0.717) is 18.7 Å². The summed E-state index contributed by atoms with van der Waals surface area (Å²) in [5.41, 5.74) is 0.733. The van der Waals surface area contributed by atoms with Gasteiger partial charge in [0.15, 0.2) is 0 Å². The van der Waals surface area contributed by atoms with Gasteiger partial charge < -0.3 is 14.5 Å². The SMILES string of the molecule is CCN(C)C(=O)c1ccc2cc(OC3CCN(C(C)C)CC3)ccc2c1. The molecule has 1 aliphatic heterocycles. The Balaban J connectivity index is 1.69. The highest BCUT2D eigenvalue weighted by Gasteiger charge is 2.22. The molecule has 1 amide bonds. The molecule has 1 aliphatic rings. The number of ether oxygens (including phenoxy) is 1. The fraction of sp³-hybridized carbons (Fsp3) is 0.500. The molecule has 0 radical (unpaired) electrons. The van der Waals surface area contributed by atoms with Crippen molar-refractivity contribution < 1.29 is 9.53 Å². The van der Waals surface area contributed by atoms with E-state index in [1.165, 1.54) is 0 Å². The normalized spacial score (nSPS) is 16.2. The summed E-state index contributed by atoms with van der Waals surface area (Å²) in [6.45, 7) is 9.40. The van der Waals surface area contributed by atoms with Crippen molar-refractivity contribution in [3.05, 3.63) is 42.0 Å². The Kier molecular flexibility index (Phi) is 5.82. The molecule has 2 aromatic carbocycles. The molecule has 4 nitrogen and oxygen atoms in total. The van der Waals surface area contributed by atoms with Gasteiger partial charge in [0.05, 0.1) is 0 Å². The minimum atomic E-state index is 0.0617. The third kappa shape index (κ3) is 4.18. The van der Waals surface area contributed by atoms with Crippen LogP contribution in [0.15, 0.2) is 36.4 Å². The zero-order chi connectivity index (χ0) is 18.7. The summed E-state index contributed by atoms with van der Waals surface area (Å²) in [5, 5.41) is 2.18. The standard InChI is InChI=1S/C22H30N2O2/c1-5-23(4)22(25)19-7-6-18-15-21(9-8-17(18)14-19)26-20-10-12-24(13-11-20)16(2)3/h6-9,14-16,20H,5,10-13H2,1-4H3. The lowest BCUT2D eigenvalue weighted by molar-refractivity contribution is 0.0802. The Bertz CT molecular complexity index is 764. The van der Waals surface area contributed by atoms with Crippen LogP contribution < -0.4 is 4.74 Å². The van der Waals surface area contributed by atoms with Crippen molar-refractivity contribution in [2.24, 2.45) is 0 Å². The second-order valence-corrected chi connectivity index (χ2v) is 7.49. The Morgan fingerprint density at radius 3 is 2.46 bits per heavy atom. The maximum absolute atomic E-state index is 12.3. The molecule has 3 rings (SSSR count). The molecular weight excluding hydrogens is 324 g/mol. The molecule has 26 heavy (non-hydrogen) atoms. The number of hydrogen-bond donors (Lipinski definition) is 0. The maximum atomic E-state index is 12.3. The molecule has 0 bridgehead atoms. The predicted octanol–water partition coefficient (Wildman–Crippen LogP) is 4.18. The second kappa shape index (κ2) is 8.09. The summed E-state index contributed by atoms with van der Waals surface area (Å²) in [7, 11) is 1.83. The van der Waals surface area contributed by atoms with E-state index in [9.17, 15) is 4.79 Å². The lowest BCUT2D eigenvalue weighted by Crippen LogP contribution is -2.41. The van der Waals surface area contributed by atoms with Gasteiger partial charge in [-0.25, -0.2) is 0 Å². The summed E-state index contributed by atoms with van der Waals surface area (Å²) in [6.07, 6.45) is 2.45. The fourth-order valence-corrected chi connectivity index (χ4v) is 3.50. The smallest absolute Gasteiger partial charge is 0.253 e. The topological polar surface area (TPSA) is 32.8 Å². The third-order valence-electron chi connectivity index (χ3n) is 5.39. The fourth-order valence-electron chi connectivity index (χ4n) is 3.50. The van der Waals surface area contributed by atoms with Gasteiger partial charge in [0, 0.05) is 38.3 Å². The highest BCUT2D eigenvalue weighted by atomic mass is 16.5. The molecule has 140 valence electrons. The molecule has 0 aromatic heterocycles. The number of carbonyl (C=O) groups is 1. The van der Waals surface area contributed by atoms with Crippen molar-refractivity contribution in [1.29, 1.82) is 0 Å². The average molecular weight is 354 g/mol. The monoisotopic (exact) mass is 354 g/mol. The molecule has 1 fully saturated rings. The molecule has 0 spiro atoms. The van der Waals surface area contributed by atoms with Crippen LogP contribution in [-0.4, -0.2) is 54.5 Å². The van der Waals surface area contributed by atoms with Crippen LogP contribution in [0, 0.1) is 0 Å². The van der Waals surface area contributed by atoms with E-state index >= 15 is 0 Å². The molecule has 4 heteroatoms. The second-order valence-electron chi connectivity index (χ2n) is 7.49. The van der Waals surface area contributed by atoms with E-state index in [0.717, 1.165) is 48.0 Å². The molecular formula is C22H30N2O2. The van der Waals surface area contributed by atoms with Crippen molar-refractivity contribution in [2.45, 2.75) is 45.8 Å². The maximum Gasteiger partial charge on any atom is 0.253 e. The number of piperidine rings is 1. The zero-order valence-corrected chi connectivity index (χ0v) is 16.4. The van der Waals surface area contributed by atoms with E-state index in [-0.39, 0.29) is 5.91 Å². The van der Waals surface area contributed by atoms with Gasteiger partial charge in [-0.05, 0) is 68.7 Å². The quantitative estimate of drug-likeness (QED) is 0.807. The number of fused-ring (bicyclic) bond motifs is 1. The summed E-state index contributed by atoms with van der Waals surface area (Å²) >= 11 is 0. The Labute approximate surface area is 156 Å². The number of likely N-dealkylation sites (tertiary alicyclic amines) is 1. The first-order valence-electron chi connectivity index (χ1n) is 9.68. The number of amides is 1. The first-order chi connectivity index (χ1) is 12.5. The molecule has 0 N–H and O–H groups in total. The highest BCUT2D eigenvalue weighted by molar-refractivity contribution is 5.98. The molecule has 0 saturated carbocycles. The van der Waals surface area contributed by atoms with Gasteiger partial charge in [-0.15, -0.1) is 0 Å². The van der Waals surface area contributed by atoms with E-state index < -0.39 is 0 Å². The van der Waals surface area contributed by atoms with E-state index in [4.69, 9.17) is 4.74 Å². The van der Waals surface area contributed by atoms with Crippen LogP contribution in [0.25, 0.3) is 10.8 Å². The van der Waals surface area contributed by atoms with Gasteiger partial charge in [-0.2, -0.15) is 0 Å². The number of rotatable bonds is 5. The summed E-state index contributed by atoms with van der Waals surface area (Å²) in [5.74, 6) is 0.983. The van der Waals surface area contributed by atoms with Crippen molar-refractivity contribution in [3.63, 3.8) is 0 Å². The van der Waals surface area contributed by atoms with Gasteiger partial charge >= 0.3 is 0 Å². The van der Waals surface area contributed by atoms with Gasteiger partial charge in [-0.3, -0.25) is 4.79 Å². The van der Waals surface area contributed by atoms with Crippen molar-refractivity contribution in [3.8, 4) is 5.75 Å². The van der Waals surface area contributed by atoms with Crippen LogP contribution in [-0.2, 0) is 0 Å². The van der Waals surface area contributed by atoms with Crippen LogP contribution in [0.5, 0.6) is 5.75 Å². The molecule has 0 aliphatic carbocycles. The lowest BCUT2D eigenvalue weighted by atomic mass is 10.0. The van der Waals surface area contributed by atoms with Gasteiger partial charge in [-0.1, -0.05) is 12.1 Å². The molecule has 0 atom stereocenters. The Morgan fingerprint density at radius 1 is 1.15 bits per heavy atom. The molecule has 1 saturated heterocycles. The summed E-state index contributed by atoms with van der Waals surface area (Å²) in [6, 6.07) is 12.7. The largest absolute Gasteiger partial charge is 0.490 e. The first kappa shape index (κ1) is 18.7. The number of hydrogen-bond acceptors (Lipinski definition) is 3. The Hall–Kier alpha value is -2.07. The van der Waals surface area contributed by atoms with Crippen molar-refractivity contribution in [2.75, 3.05) is 26.7 Å². The molecule has 2 aromatic rings. The number of carbonyl (C=O) groups excluding carboxylic acids is 1. The van der Waals surface area contributed by atoms with Crippen molar-refractivity contribution >= 4 is 16.7 Å². The predicted molar refractivity (Wildman–Crippen MR) is 107 cm³/mol. The Morgan fingerprint density at radius 2 is 1.81 bits per heavy atom. The minimum absolute atomic E-state index is 0.0617. The summed E-state index contributed by atoms with van der Waals surface area (Å²) < 4.78 is 6.22. The van der Waals surface area contributed by atoms with Crippen LogP contribution in [0.3, 0.4) is 0 Å². The third-order valence-corrected chi connectivity index (χ3v) is 5.39. The van der Waals surface area contributed by atoms with Gasteiger partial charge in [0.25, 0.3) is 5.91 Å². The highest BCUT2D eigenvalue weighted by Crippen LogP contribution is 2.25. The van der Waals surface area contributed by atoms with Gasteiger partial charge in [0.1, 0.15) is 11.9 Å². The van der Waals surface area contributed by atoms with Crippen LogP contribution in [0.1, 0.15) is 44.0 Å². The molecule has 1 heterocycles. The number of benzene rings is 2. The first-order valence-corrected chi connectivity index (χ1v) is 9.68. The van der Waals surface area contributed by atoms with Gasteiger partial charge in [0.2, 0.25) is 0 Å². The van der Waals surface area contributed by atoms with E-state index in [2.05, 4.69) is 30.9 Å². The van der Waals surface area contributed by atoms with Crippen LogP contribution in [0.4, 0.5) is 0 Å². The van der Waals surface area contributed by atoms with Crippen LogP contribution in [0.2, 0.25) is 0 Å². The number of nitrogens with zero attached hydrogens (tertiary/aromatic N) is 2. The average Bonchev–Trinajstić information content (AvgIpc) is 2.66. The van der Waals surface area contributed by atoms with E-state index in [1.54, 1.807) is 4.90 Å². The minimum Gasteiger partial charge on any atom is -0.490 e. The lowest BCUT2D eigenvalue weighted by Gasteiger charge is -2.34. The van der Waals surface area contributed by atoms with Crippen LogP contribution >= 0.6 is 0 Å². The van der Waals surface area contributed by atoms with Crippen molar-refractivity contribution in [1.82, 2.24) is 9.80 Å². The zero-order valence-electron chi connectivity index (χ0n) is 16.4. The molecule has 0 unspecified atom stereocenters. The van der Waals surface area contributed by atoms with E-state index in [1.807, 2.05) is 38.2 Å². The summed E-state index contributed by atoms with van der Waals surface area (Å²) in [4.78, 5) is 16.6.